The van der Waals surface area contributed by atoms with E-state index >= 15 is 0 Å². The molecule has 0 aromatic carbocycles. The third kappa shape index (κ3) is 2.04. The summed E-state index contributed by atoms with van der Waals surface area (Å²) in [6.45, 7) is 5.96. The van der Waals surface area contributed by atoms with E-state index in [-0.39, 0.29) is 12.0 Å². The standard InChI is InChI=1S/C9H15N3O2/c1-4-14-9(13)7-5-8(10)11-12(7)6(2)3/h5-6H,4H2,1-3H3,(H2,10,11). The summed E-state index contributed by atoms with van der Waals surface area (Å²) in [5.74, 6) is -0.0489. The van der Waals surface area contributed by atoms with Crippen LogP contribution in [0.3, 0.4) is 0 Å². The minimum atomic E-state index is -0.384. The van der Waals surface area contributed by atoms with Gasteiger partial charge in [0.05, 0.1) is 6.61 Å². The normalized spacial score (nSPS) is 10.6. The number of carbonyl (C=O) groups excluding carboxylic acids is 1. The van der Waals surface area contributed by atoms with Crippen LogP contribution >= 0.6 is 0 Å². The van der Waals surface area contributed by atoms with Gasteiger partial charge in [0.1, 0.15) is 11.5 Å². The summed E-state index contributed by atoms with van der Waals surface area (Å²) in [5.41, 5.74) is 5.91. The summed E-state index contributed by atoms with van der Waals surface area (Å²) in [4.78, 5) is 11.4. The molecular weight excluding hydrogens is 182 g/mol. The van der Waals surface area contributed by atoms with Gasteiger partial charge in [-0.1, -0.05) is 0 Å². The molecule has 0 saturated heterocycles. The number of aromatic nitrogens is 2. The largest absolute Gasteiger partial charge is 0.461 e. The Morgan fingerprint density at radius 3 is 2.86 bits per heavy atom. The fourth-order valence-electron chi connectivity index (χ4n) is 1.16. The van der Waals surface area contributed by atoms with Gasteiger partial charge in [-0.05, 0) is 20.8 Å². The number of hydrogen-bond donors (Lipinski definition) is 1. The summed E-state index contributed by atoms with van der Waals surface area (Å²) in [6, 6.07) is 1.62. The highest BCUT2D eigenvalue weighted by Crippen LogP contribution is 2.13. The topological polar surface area (TPSA) is 70.1 Å². The highest BCUT2D eigenvalue weighted by atomic mass is 16.5. The maximum atomic E-state index is 11.4. The van der Waals surface area contributed by atoms with Crippen LogP contribution in [0.1, 0.15) is 37.3 Å². The van der Waals surface area contributed by atoms with Crippen molar-refractivity contribution in [1.82, 2.24) is 9.78 Å². The molecule has 1 aromatic rings. The van der Waals surface area contributed by atoms with Crippen LogP contribution in [0.5, 0.6) is 0 Å². The first-order valence-corrected chi connectivity index (χ1v) is 4.58. The fourth-order valence-corrected chi connectivity index (χ4v) is 1.16. The zero-order valence-corrected chi connectivity index (χ0v) is 8.65. The molecule has 78 valence electrons. The van der Waals surface area contributed by atoms with Gasteiger partial charge < -0.3 is 10.5 Å². The molecule has 0 saturated carbocycles. The van der Waals surface area contributed by atoms with Crippen molar-refractivity contribution in [2.24, 2.45) is 0 Å². The molecule has 5 heteroatoms. The molecule has 5 nitrogen and oxygen atoms in total. The molecule has 2 N–H and O–H groups in total. The van der Waals surface area contributed by atoms with Gasteiger partial charge >= 0.3 is 5.97 Å². The van der Waals surface area contributed by atoms with E-state index in [2.05, 4.69) is 5.10 Å². The van der Waals surface area contributed by atoms with Gasteiger partial charge in [-0.2, -0.15) is 5.10 Å². The molecule has 1 aromatic heterocycles. The van der Waals surface area contributed by atoms with Gasteiger partial charge in [-0.15, -0.1) is 0 Å². The number of nitrogens with zero attached hydrogens (tertiary/aromatic N) is 2. The Morgan fingerprint density at radius 2 is 2.36 bits per heavy atom. The number of esters is 1. The Balaban J connectivity index is 3.00. The molecular formula is C9H15N3O2. The van der Waals surface area contributed by atoms with E-state index in [9.17, 15) is 4.79 Å². The minimum absolute atomic E-state index is 0.0895. The van der Waals surface area contributed by atoms with E-state index in [1.165, 1.54) is 6.07 Å². The first-order valence-electron chi connectivity index (χ1n) is 4.58. The second-order valence-electron chi connectivity index (χ2n) is 3.21. The van der Waals surface area contributed by atoms with E-state index in [1.54, 1.807) is 11.6 Å². The lowest BCUT2D eigenvalue weighted by Gasteiger charge is -2.09. The molecule has 0 aliphatic rings. The Hall–Kier alpha value is -1.52. The fraction of sp³-hybridized carbons (Fsp3) is 0.556. The SMILES string of the molecule is CCOC(=O)c1cc(N)nn1C(C)C. The second-order valence-corrected chi connectivity index (χ2v) is 3.21. The Bertz CT molecular complexity index is 331. The lowest BCUT2D eigenvalue weighted by atomic mass is 10.3. The molecule has 0 unspecified atom stereocenters. The monoisotopic (exact) mass is 197 g/mol. The summed E-state index contributed by atoms with van der Waals surface area (Å²) >= 11 is 0. The molecule has 0 radical (unpaired) electrons. The Labute approximate surface area is 82.8 Å². The van der Waals surface area contributed by atoms with Crippen molar-refractivity contribution in [1.29, 1.82) is 0 Å². The number of ether oxygens (including phenoxy) is 1. The van der Waals surface area contributed by atoms with Gasteiger partial charge in [0.2, 0.25) is 0 Å². The highest BCUT2D eigenvalue weighted by molar-refractivity contribution is 5.88. The average Bonchev–Trinajstić information content (AvgIpc) is 2.48. The summed E-state index contributed by atoms with van der Waals surface area (Å²) < 4.78 is 6.44. The number of rotatable bonds is 3. The van der Waals surface area contributed by atoms with E-state index in [1.807, 2.05) is 13.8 Å². The molecule has 1 rings (SSSR count). The number of hydrogen-bond acceptors (Lipinski definition) is 4. The summed E-state index contributed by atoms with van der Waals surface area (Å²) in [7, 11) is 0. The predicted molar refractivity (Wildman–Crippen MR) is 53.0 cm³/mol. The van der Waals surface area contributed by atoms with Crippen LogP contribution in [0.4, 0.5) is 5.82 Å². The van der Waals surface area contributed by atoms with Crippen molar-refractivity contribution in [3.05, 3.63) is 11.8 Å². The van der Waals surface area contributed by atoms with Crippen molar-refractivity contribution >= 4 is 11.8 Å². The molecule has 0 amide bonds. The quantitative estimate of drug-likeness (QED) is 0.740. The number of carbonyl (C=O) groups is 1. The van der Waals surface area contributed by atoms with E-state index in [0.717, 1.165) is 0 Å². The van der Waals surface area contributed by atoms with Crippen LogP contribution in [0.2, 0.25) is 0 Å². The Morgan fingerprint density at radius 1 is 1.71 bits per heavy atom. The molecule has 0 spiro atoms. The Kier molecular flexibility index (Phi) is 3.11. The highest BCUT2D eigenvalue weighted by Gasteiger charge is 2.16. The second kappa shape index (κ2) is 4.13. The molecule has 0 fully saturated rings. The van der Waals surface area contributed by atoms with Crippen LogP contribution in [-0.4, -0.2) is 22.4 Å². The van der Waals surface area contributed by atoms with Crippen LogP contribution in [0.25, 0.3) is 0 Å². The lowest BCUT2D eigenvalue weighted by molar-refractivity contribution is 0.0510. The maximum Gasteiger partial charge on any atom is 0.356 e. The van der Waals surface area contributed by atoms with Crippen molar-refractivity contribution in [2.75, 3.05) is 12.3 Å². The van der Waals surface area contributed by atoms with Crippen molar-refractivity contribution in [3.63, 3.8) is 0 Å². The molecule has 0 aliphatic carbocycles. The van der Waals surface area contributed by atoms with Crippen molar-refractivity contribution in [2.45, 2.75) is 26.8 Å². The van der Waals surface area contributed by atoms with Crippen LogP contribution in [-0.2, 0) is 4.74 Å². The van der Waals surface area contributed by atoms with E-state index in [4.69, 9.17) is 10.5 Å². The number of anilines is 1. The average molecular weight is 197 g/mol. The van der Waals surface area contributed by atoms with Gasteiger partial charge in [0, 0.05) is 12.1 Å². The van der Waals surface area contributed by atoms with Gasteiger partial charge in [-0.3, -0.25) is 4.68 Å². The van der Waals surface area contributed by atoms with Crippen molar-refractivity contribution < 1.29 is 9.53 Å². The van der Waals surface area contributed by atoms with Crippen LogP contribution in [0, 0.1) is 0 Å². The smallest absolute Gasteiger partial charge is 0.356 e. The van der Waals surface area contributed by atoms with Gasteiger partial charge in [0.25, 0.3) is 0 Å². The predicted octanol–water partition coefficient (Wildman–Crippen LogP) is 1.22. The van der Waals surface area contributed by atoms with Crippen LogP contribution < -0.4 is 5.73 Å². The summed E-state index contributed by atoms with van der Waals surface area (Å²) in [6.07, 6.45) is 0. The molecule has 1 heterocycles. The lowest BCUT2D eigenvalue weighted by Crippen LogP contribution is -2.14. The molecule has 14 heavy (non-hydrogen) atoms. The van der Waals surface area contributed by atoms with Gasteiger partial charge in [-0.25, -0.2) is 4.79 Å². The van der Waals surface area contributed by atoms with Crippen molar-refractivity contribution in [3.8, 4) is 0 Å². The zero-order chi connectivity index (χ0) is 10.7. The molecule has 0 atom stereocenters. The minimum Gasteiger partial charge on any atom is -0.461 e. The number of nitrogens with two attached hydrogens (primary N) is 1. The molecule has 0 bridgehead atoms. The first kappa shape index (κ1) is 10.6. The maximum absolute atomic E-state index is 11.4. The van der Waals surface area contributed by atoms with E-state index < -0.39 is 0 Å². The third-order valence-electron chi connectivity index (χ3n) is 1.73. The van der Waals surface area contributed by atoms with Gasteiger partial charge in [0.15, 0.2) is 0 Å². The third-order valence-corrected chi connectivity index (χ3v) is 1.73. The zero-order valence-electron chi connectivity index (χ0n) is 8.65. The summed E-state index contributed by atoms with van der Waals surface area (Å²) in [5, 5.41) is 4.01. The van der Waals surface area contributed by atoms with E-state index in [0.29, 0.717) is 18.1 Å². The van der Waals surface area contributed by atoms with Crippen LogP contribution in [0.15, 0.2) is 6.07 Å². The molecule has 0 aliphatic heterocycles. The first-order chi connectivity index (χ1) is 6.56. The number of nitrogen functional groups attached to an aromatic ring is 1.